The summed E-state index contributed by atoms with van der Waals surface area (Å²) in [5.74, 6) is -0.757. The maximum Gasteiger partial charge on any atom is 0.446 e. The summed E-state index contributed by atoms with van der Waals surface area (Å²) in [4.78, 5) is 3.06. The van der Waals surface area contributed by atoms with Crippen LogP contribution in [0.2, 0.25) is 0 Å². The Balaban J connectivity index is 2.86. The molecule has 0 fully saturated rings. The minimum atomic E-state index is -4.36. The van der Waals surface area contributed by atoms with Crippen molar-refractivity contribution in [3.05, 3.63) is 21.8 Å². The first-order chi connectivity index (χ1) is 5.88. The van der Waals surface area contributed by atoms with E-state index in [-0.39, 0.29) is 20.2 Å². The van der Waals surface area contributed by atoms with Gasteiger partial charge < -0.3 is 0 Å². The topological polar surface area (TPSA) is 12.9 Å². The van der Waals surface area contributed by atoms with E-state index in [1.165, 1.54) is 0 Å². The summed E-state index contributed by atoms with van der Waals surface area (Å²) in [5, 5.41) is 0. The number of rotatable bonds is 1. The van der Waals surface area contributed by atoms with Crippen LogP contribution >= 0.6 is 34.4 Å². The molecule has 0 saturated carbocycles. The molecular formula is C6H2F4INS. The van der Waals surface area contributed by atoms with Crippen molar-refractivity contribution < 1.29 is 17.6 Å². The second kappa shape index (κ2) is 3.99. The van der Waals surface area contributed by atoms with Crippen molar-refractivity contribution in [1.82, 2.24) is 4.98 Å². The number of pyridine rings is 1. The first kappa shape index (κ1) is 11.0. The van der Waals surface area contributed by atoms with E-state index in [0.717, 1.165) is 12.3 Å². The van der Waals surface area contributed by atoms with Gasteiger partial charge in [0.05, 0.1) is 3.57 Å². The third-order valence-electron chi connectivity index (χ3n) is 1.00. The van der Waals surface area contributed by atoms with Gasteiger partial charge in [-0.05, 0) is 40.4 Å². The smallest absolute Gasteiger partial charge is 0.226 e. The van der Waals surface area contributed by atoms with Crippen LogP contribution in [0, 0.1) is 9.52 Å². The van der Waals surface area contributed by atoms with Gasteiger partial charge in [-0.1, -0.05) is 0 Å². The van der Waals surface area contributed by atoms with Crippen LogP contribution in [-0.2, 0) is 0 Å². The molecule has 0 N–H and O–H groups in total. The lowest BCUT2D eigenvalue weighted by atomic mass is 10.5. The van der Waals surface area contributed by atoms with Crippen molar-refractivity contribution in [3.63, 3.8) is 0 Å². The highest BCUT2D eigenvalue weighted by atomic mass is 127. The largest absolute Gasteiger partial charge is 0.446 e. The van der Waals surface area contributed by atoms with Gasteiger partial charge >= 0.3 is 5.51 Å². The second-order valence-corrected chi connectivity index (χ2v) is 4.29. The zero-order chi connectivity index (χ0) is 10.1. The van der Waals surface area contributed by atoms with Crippen LogP contribution in [0.5, 0.6) is 0 Å². The molecule has 1 aromatic heterocycles. The summed E-state index contributed by atoms with van der Waals surface area (Å²) in [5.41, 5.74) is -4.36. The first-order valence-electron chi connectivity index (χ1n) is 2.95. The molecule has 0 aromatic carbocycles. The molecule has 0 aliphatic heterocycles. The molecule has 0 unspecified atom stereocenters. The number of nitrogens with zero attached hydrogens (tertiary/aromatic N) is 1. The molecule has 1 nitrogen and oxygen atoms in total. The number of thioether (sulfide) groups is 1. The summed E-state index contributed by atoms with van der Waals surface area (Å²) < 4.78 is 48.0. The van der Waals surface area contributed by atoms with Crippen molar-refractivity contribution in [3.8, 4) is 0 Å². The van der Waals surface area contributed by atoms with Crippen LogP contribution in [-0.4, -0.2) is 10.5 Å². The fraction of sp³-hybridized carbons (Fsp3) is 0.167. The Morgan fingerprint density at radius 1 is 1.38 bits per heavy atom. The predicted octanol–water partition coefficient (Wildman–Crippen LogP) is 3.44. The van der Waals surface area contributed by atoms with E-state index in [0.29, 0.717) is 0 Å². The van der Waals surface area contributed by atoms with Gasteiger partial charge in [0.2, 0.25) is 5.95 Å². The Labute approximate surface area is 89.1 Å². The van der Waals surface area contributed by atoms with E-state index in [1.807, 2.05) is 0 Å². The fourth-order valence-corrected chi connectivity index (χ4v) is 1.83. The third kappa shape index (κ3) is 3.67. The molecule has 0 saturated heterocycles. The minimum Gasteiger partial charge on any atom is -0.226 e. The molecule has 0 aliphatic carbocycles. The monoisotopic (exact) mass is 323 g/mol. The van der Waals surface area contributed by atoms with E-state index < -0.39 is 11.5 Å². The third-order valence-corrected chi connectivity index (χ3v) is 2.45. The highest BCUT2D eigenvalue weighted by Crippen LogP contribution is 2.36. The fourth-order valence-electron chi connectivity index (χ4n) is 0.593. The molecule has 0 atom stereocenters. The van der Waals surface area contributed by atoms with Crippen molar-refractivity contribution in [2.75, 3.05) is 0 Å². The molecule has 13 heavy (non-hydrogen) atoms. The summed E-state index contributed by atoms with van der Waals surface area (Å²) in [6, 6.07) is 1.10. The number of aromatic nitrogens is 1. The number of halogens is 5. The summed E-state index contributed by atoms with van der Waals surface area (Å²) in [6.45, 7) is 0. The van der Waals surface area contributed by atoms with Gasteiger partial charge in [0, 0.05) is 11.1 Å². The van der Waals surface area contributed by atoms with Crippen LogP contribution < -0.4 is 0 Å². The van der Waals surface area contributed by atoms with Crippen LogP contribution in [0.1, 0.15) is 0 Å². The zero-order valence-corrected chi connectivity index (χ0v) is 8.87. The van der Waals surface area contributed by atoms with Gasteiger partial charge in [-0.25, -0.2) is 4.98 Å². The van der Waals surface area contributed by atoms with Gasteiger partial charge in [-0.15, -0.1) is 0 Å². The lowest BCUT2D eigenvalue weighted by Crippen LogP contribution is -2.00. The van der Waals surface area contributed by atoms with Gasteiger partial charge in [0.15, 0.2) is 0 Å². The van der Waals surface area contributed by atoms with E-state index in [9.17, 15) is 17.6 Å². The van der Waals surface area contributed by atoms with Crippen LogP contribution in [0.3, 0.4) is 0 Å². The lowest BCUT2D eigenvalue weighted by Gasteiger charge is -2.04. The lowest BCUT2D eigenvalue weighted by molar-refractivity contribution is -0.0328. The van der Waals surface area contributed by atoms with E-state index in [4.69, 9.17) is 0 Å². The maximum absolute atomic E-state index is 12.5. The van der Waals surface area contributed by atoms with Crippen LogP contribution in [0.25, 0.3) is 0 Å². The Morgan fingerprint density at radius 2 is 2.00 bits per heavy atom. The van der Waals surface area contributed by atoms with Gasteiger partial charge in [-0.2, -0.15) is 17.6 Å². The minimum absolute atomic E-state index is 0.0758. The normalized spacial score (nSPS) is 11.8. The molecule has 0 aliphatic rings. The van der Waals surface area contributed by atoms with Crippen LogP contribution in [0.4, 0.5) is 17.6 Å². The summed E-state index contributed by atoms with van der Waals surface area (Å²) in [6.07, 6.45) is 0.857. The first-order valence-corrected chi connectivity index (χ1v) is 4.85. The molecule has 7 heteroatoms. The van der Waals surface area contributed by atoms with E-state index in [2.05, 4.69) is 4.98 Å². The highest BCUT2D eigenvalue weighted by molar-refractivity contribution is 14.1. The molecule has 72 valence electrons. The van der Waals surface area contributed by atoms with Crippen molar-refractivity contribution >= 4 is 34.4 Å². The second-order valence-electron chi connectivity index (χ2n) is 1.99. The Bertz CT molecular complexity index is 314. The number of hydrogen-bond donors (Lipinski definition) is 0. The standard InChI is InChI=1S/C6H2F4INS/c7-5-4(11)1-3(2-12-5)13-6(8,9)10/h1-2H. The Hall–Kier alpha value is -0.0500. The summed E-state index contributed by atoms with van der Waals surface area (Å²) in [7, 11) is 0. The molecule has 1 rings (SSSR count). The van der Waals surface area contributed by atoms with Crippen molar-refractivity contribution in [2.45, 2.75) is 10.4 Å². The SMILES string of the molecule is Fc1ncc(SC(F)(F)F)cc1I. The molecule has 1 aromatic rings. The molecule has 0 spiro atoms. The average Bonchev–Trinajstić information content (AvgIpc) is 1.94. The van der Waals surface area contributed by atoms with E-state index >= 15 is 0 Å². The zero-order valence-electron chi connectivity index (χ0n) is 5.90. The number of hydrogen-bond acceptors (Lipinski definition) is 2. The quantitative estimate of drug-likeness (QED) is 0.340. The molecule has 0 amide bonds. The summed E-state index contributed by atoms with van der Waals surface area (Å²) >= 11 is 1.27. The van der Waals surface area contributed by atoms with Gasteiger partial charge in [0.1, 0.15) is 0 Å². The Morgan fingerprint density at radius 3 is 2.46 bits per heavy atom. The highest BCUT2D eigenvalue weighted by Gasteiger charge is 2.29. The predicted molar refractivity (Wildman–Crippen MR) is 48.8 cm³/mol. The molecule has 0 bridgehead atoms. The van der Waals surface area contributed by atoms with Gasteiger partial charge in [0.25, 0.3) is 0 Å². The van der Waals surface area contributed by atoms with Crippen molar-refractivity contribution in [1.29, 1.82) is 0 Å². The van der Waals surface area contributed by atoms with Crippen molar-refractivity contribution in [2.24, 2.45) is 0 Å². The molecular weight excluding hydrogens is 321 g/mol. The van der Waals surface area contributed by atoms with Gasteiger partial charge in [-0.3, -0.25) is 0 Å². The molecule has 0 radical (unpaired) electrons. The van der Waals surface area contributed by atoms with E-state index in [1.54, 1.807) is 22.6 Å². The maximum atomic E-state index is 12.5. The Kier molecular flexibility index (Phi) is 3.38. The molecule has 1 heterocycles. The average molecular weight is 323 g/mol. The number of alkyl halides is 3. The van der Waals surface area contributed by atoms with Crippen LogP contribution in [0.15, 0.2) is 17.2 Å².